The second kappa shape index (κ2) is 6.16. The average Bonchev–Trinajstić information content (AvgIpc) is 2.42. The van der Waals surface area contributed by atoms with Crippen LogP contribution in [0.1, 0.15) is 30.0 Å². The monoisotopic (exact) mass is 294 g/mol. The molecule has 5 heteroatoms. The van der Waals surface area contributed by atoms with Gasteiger partial charge in [-0.05, 0) is 42.7 Å². The highest BCUT2D eigenvalue weighted by Gasteiger charge is 2.32. The number of hydrogen-bond acceptors (Lipinski definition) is 2. The van der Waals surface area contributed by atoms with E-state index in [1.165, 1.54) is 13.0 Å². The maximum Gasteiger partial charge on any atom is 0.416 e. The fraction of sp³-hybridized carbons (Fsp3) is 0.312. The maximum atomic E-state index is 12.9. The van der Waals surface area contributed by atoms with E-state index in [2.05, 4.69) is 10.3 Å². The van der Waals surface area contributed by atoms with Crippen LogP contribution in [0.15, 0.2) is 36.5 Å². The minimum absolute atomic E-state index is 0.179. The van der Waals surface area contributed by atoms with Gasteiger partial charge in [-0.25, -0.2) is 4.98 Å². The highest BCUT2D eigenvalue weighted by Crippen LogP contribution is 2.35. The summed E-state index contributed by atoms with van der Waals surface area (Å²) in [6, 6.07) is 7.89. The molecule has 0 fully saturated rings. The molecule has 2 rings (SSSR count). The molecule has 2 aromatic rings. The minimum atomic E-state index is -4.35. The van der Waals surface area contributed by atoms with Gasteiger partial charge in [0.2, 0.25) is 0 Å². The Kier molecular flexibility index (Phi) is 4.50. The van der Waals surface area contributed by atoms with Crippen LogP contribution in [0.2, 0.25) is 0 Å². The van der Waals surface area contributed by atoms with Gasteiger partial charge >= 0.3 is 6.18 Å². The Morgan fingerprint density at radius 3 is 2.57 bits per heavy atom. The van der Waals surface area contributed by atoms with Gasteiger partial charge in [0.25, 0.3) is 0 Å². The molecular formula is C16H17F3N2. The molecule has 0 unspecified atom stereocenters. The Morgan fingerprint density at radius 2 is 1.90 bits per heavy atom. The van der Waals surface area contributed by atoms with E-state index in [-0.39, 0.29) is 5.56 Å². The van der Waals surface area contributed by atoms with Crippen molar-refractivity contribution in [2.24, 2.45) is 0 Å². The third-order valence-corrected chi connectivity index (χ3v) is 3.30. The number of nitrogens with one attached hydrogen (secondary N) is 1. The lowest BCUT2D eigenvalue weighted by Crippen LogP contribution is -2.09. The molecule has 0 amide bonds. The number of halogens is 3. The molecule has 0 aliphatic rings. The Bertz CT molecular complexity index is 621. The largest absolute Gasteiger partial charge is 0.416 e. The van der Waals surface area contributed by atoms with Crippen LogP contribution in [-0.4, -0.2) is 4.98 Å². The predicted molar refractivity (Wildman–Crippen MR) is 77.7 cm³/mol. The van der Waals surface area contributed by atoms with Crippen molar-refractivity contribution in [3.05, 3.63) is 53.2 Å². The van der Waals surface area contributed by atoms with Crippen LogP contribution in [0, 0.1) is 6.92 Å². The van der Waals surface area contributed by atoms with Gasteiger partial charge in [0.05, 0.1) is 5.56 Å². The van der Waals surface area contributed by atoms with E-state index in [4.69, 9.17) is 0 Å². The van der Waals surface area contributed by atoms with Gasteiger partial charge in [0, 0.05) is 11.9 Å². The SMILES string of the molecule is CCCc1cccnc1Nc1cccc(C(F)(F)F)c1C. The van der Waals surface area contributed by atoms with Crippen LogP contribution < -0.4 is 5.32 Å². The Hall–Kier alpha value is -2.04. The number of aryl methyl sites for hydroxylation is 1. The fourth-order valence-corrected chi connectivity index (χ4v) is 2.23. The molecule has 1 aromatic heterocycles. The molecular weight excluding hydrogens is 277 g/mol. The number of alkyl halides is 3. The Balaban J connectivity index is 2.37. The van der Waals surface area contributed by atoms with E-state index in [0.717, 1.165) is 24.5 Å². The molecule has 0 saturated carbocycles. The molecule has 0 saturated heterocycles. The molecule has 0 aliphatic heterocycles. The molecule has 0 radical (unpaired) electrons. The topological polar surface area (TPSA) is 24.9 Å². The van der Waals surface area contributed by atoms with Crippen molar-refractivity contribution in [2.45, 2.75) is 32.9 Å². The molecule has 2 nitrogen and oxygen atoms in total. The smallest absolute Gasteiger partial charge is 0.340 e. The van der Waals surface area contributed by atoms with Gasteiger partial charge in [-0.1, -0.05) is 25.5 Å². The number of nitrogens with zero attached hydrogens (tertiary/aromatic N) is 1. The Morgan fingerprint density at radius 1 is 1.14 bits per heavy atom. The second-order valence-electron chi connectivity index (χ2n) is 4.86. The standard InChI is InChI=1S/C16H17F3N2/c1-3-6-12-7-5-10-20-15(12)21-14-9-4-8-13(11(14)2)16(17,18)19/h4-5,7-10H,3,6H2,1-2H3,(H,20,21). The van der Waals surface area contributed by atoms with Crippen LogP contribution in [0.4, 0.5) is 24.7 Å². The summed E-state index contributed by atoms with van der Waals surface area (Å²) in [5.74, 6) is 0.613. The molecule has 0 bridgehead atoms. The van der Waals surface area contributed by atoms with Crippen molar-refractivity contribution in [1.29, 1.82) is 0 Å². The number of anilines is 2. The number of aromatic nitrogens is 1. The van der Waals surface area contributed by atoms with Crippen LogP contribution in [0.5, 0.6) is 0 Å². The zero-order valence-corrected chi connectivity index (χ0v) is 12.0. The van der Waals surface area contributed by atoms with E-state index in [1.54, 1.807) is 12.3 Å². The maximum absolute atomic E-state index is 12.9. The minimum Gasteiger partial charge on any atom is -0.340 e. The van der Waals surface area contributed by atoms with Gasteiger partial charge in [-0.15, -0.1) is 0 Å². The van der Waals surface area contributed by atoms with Gasteiger partial charge in [0.1, 0.15) is 5.82 Å². The predicted octanol–water partition coefficient (Wildman–Crippen LogP) is 5.10. The highest BCUT2D eigenvalue weighted by atomic mass is 19.4. The first-order valence-electron chi connectivity index (χ1n) is 6.81. The lowest BCUT2D eigenvalue weighted by molar-refractivity contribution is -0.138. The third kappa shape index (κ3) is 3.54. The second-order valence-corrected chi connectivity index (χ2v) is 4.86. The van der Waals surface area contributed by atoms with Crippen LogP contribution in [-0.2, 0) is 12.6 Å². The van der Waals surface area contributed by atoms with Crippen LogP contribution in [0.25, 0.3) is 0 Å². The molecule has 0 aliphatic carbocycles. The molecule has 1 N–H and O–H groups in total. The van der Waals surface area contributed by atoms with E-state index in [9.17, 15) is 13.2 Å². The number of rotatable bonds is 4. The molecule has 21 heavy (non-hydrogen) atoms. The summed E-state index contributed by atoms with van der Waals surface area (Å²) in [5.41, 5.74) is 0.983. The van der Waals surface area contributed by atoms with Gasteiger partial charge in [0.15, 0.2) is 0 Å². The number of hydrogen-bond donors (Lipinski definition) is 1. The van der Waals surface area contributed by atoms with Gasteiger partial charge < -0.3 is 5.32 Å². The molecule has 1 heterocycles. The fourth-order valence-electron chi connectivity index (χ4n) is 2.23. The quantitative estimate of drug-likeness (QED) is 0.848. The molecule has 1 aromatic carbocycles. The van der Waals surface area contributed by atoms with E-state index < -0.39 is 11.7 Å². The zero-order valence-electron chi connectivity index (χ0n) is 12.0. The van der Waals surface area contributed by atoms with Crippen molar-refractivity contribution in [3.8, 4) is 0 Å². The first-order chi connectivity index (χ1) is 9.93. The first kappa shape index (κ1) is 15.4. The van der Waals surface area contributed by atoms with E-state index in [1.807, 2.05) is 19.1 Å². The van der Waals surface area contributed by atoms with Crippen molar-refractivity contribution in [2.75, 3.05) is 5.32 Å². The molecule has 0 spiro atoms. The summed E-state index contributed by atoms with van der Waals surface area (Å²) in [6.07, 6.45) is -0.946. The zero-order chi connectivity index (χ0) is 15.5. The summed E-state index contributed by atoms with van der Waals surface area (Å²) in [4.78, 5) is 4.23. The highest BCUT2D eigenvalue weighted by molar-refractivity contribution is 5.64. The third-order valence-electron chi connectivity index (χ3n) is 3.30. The summed E-state index contributed by atoms with van der Waals surface area (Å²) < 4.78 is 38.8. The number of benzene rings is 1. The van der Waals surface area contributed by atoms with Crippen molar-refractivity contribution < 1.29 is 13.2 Å². The summed E-state index contributed by atoms with van der Waals surface area (Å²) in [5, 5.41) is 3.03. The van der Waals surface area contributed by atoms with Crippen LogP contribution in [0.3, 0.4) is 0 Å². The lowest BCUT2D eigenvalue weighted by Gasteiger charge is -2.16. The van der Waals surface area contributed by atoms with E-state index >= 15 is 0 Å². The molecule has 0 atom stereocenters. The van der Waals surface area contributed by atoms with Crippen molar-refractivity contribution in [3.63, 3.8) is 0 Å². The normalized spacial score (nSPS) is 11.5. The van der Waals surface area contributed by atoms with Gasteiger partial charge in [-0.3, -0.25) is 0 Å². The summed E-state index contributed by atoms with van der Waals surface area (Å²) in [7, 11) is 0. The Labute approximate surface area is 122 Å². The van der Waals surface area contributed by atoms with Crippen molar-refractivity contribution in [1.82, 2.24) is 4.98 Å². The first-order valence-corrected chi connectivity index (χ1v) is 6.81. The molecule has 112 valence electrons. The van der Waals surface area contributed by atoms with E-state index in [0.29, 0.717) is 11.5 Å². The number of pyridine rings is 1. The lowest BCUT2D eigenvalue weighted by atomic mass is 10.1. The van der Waals surface area contributed by atoms with Crippen molar-refractivity contribution >= 4 is 11.5 Å². The van der Waals surface area contributed by atoms with Crippen LogP contribution >= 0.6 is 0 Å². The summed E-state index contributed by atoms with van der Waals surface area (Å²) in [6.45, 7) is 3.51. The summed E-state index contributed by atoms with van der Waals surface area (Å²) >= 11 is 0. The average molecular weight is 294 g/mol. The van der Waals surface area contributed by atoms with Gasteiger partial charge in [-0.2, -0.15) is 13.2 Å².